The number of para-hydroxylation sites is 1. The number of thiocarbonyl (C=S) groups is 1. The van der Waals surface area contributed by atoms with Crippen molar-refractivity contribution in [3.8, 4) is 0 Å². The Kier molecular flexibility index (Phi) is 4.64. The summed E-state index contributed by atoms with van der Waals surface area (Å²) in [5, 5.41) is 5.63. The van der Waals surface area contributed by atoms with Crippen LogP contribution in [-0.4, -0.2) is 21.5 Å². The molecule has 0 unspecified atom stereocenters. The molecule has 0 radical (unpaired) electrons. The Balaban J connectivity index is 1.65. The molecule has 4 aromatic rings. The summed E-state index contributed by atoms with van der Waals surface area (Å²) in [5.41, 5.74) is 2.58. The van der Waals surface area contributed by atoms with Crippen LogP contribution in [0.1, 0.15) is 12.5 Å². The molecule has 1 fully saturated rings. The minimum absolute atomic E-state index is 0.0561. The maximum atomic E-state index is 13.5. The van der Waals surface area contributed by atoms with Crippen LogP contribution in [0, 0.1) is 0 Å². The minimum Gasteiger partial charge on any atom is -0.347 e. The molecule has 1 N–H and O–H groups in total. The van der Waals surface area contributed by atoms with Gasteiger partial charge in [0, 0.05) is 34.6 Å². The third kappa shape index (κ3) is 3.12. The van der Waals surface area contributed by atoms with Gasteiger partial charge in [-0.3, -0.25) is 19.8 Å². The number of hydrogen-bond acceptors (Lipinski definition) is 3. The highest BCUT2D eigenvalue weighted by Crippen LogP contribution is 2.31. The van der Waals surface area contributed by atoms with Crippen LogP contribution in [-0.2, 0) is 16.1 Å². The van der Waals surface area contributed by atoms with Crippen molar-refractivity contribution in [2.24, 2.45) is 0 Å². The molecule has 0 spiro atoms. The summed E-state index contributed by atoms with van der Waals surface area (Å²) in [6, 6.07) is 21.4. The van der Waals surface area contributed by atoms with Crippen LogP contribution in [0.15, 0.2) is 78.5 Å². The molecule has 0 aliphatic carbocycles. The van der Waals surface area contributed by atoms with E-state index in [0.717, 1.165) is 33.8 Å². The Hall–Kier alpha value is -3.77. The van der Waals surface area contributed by atoms with Gasteiger partial charge in [0.15, 0.2) is 5.11 Å². The van der Waals surface area contributed by atoms with E-state index in [0.29, 0.717) is 5.69 Å². The lowest BCUT2D eigenvalue weighted by molar-refractivity contribution is -0.122. The largest absolute Gasteiger partial charge is 0.347 e. The van der Waals surface area contributed by atoms with E-state index in [4.69, 9.17) is 12.2 Å². The van der Waals surface area contributed by atoms with E-state index in [9.17, 15) is 9.59 Å². The molecular formula is C25H19N3O2S. The summed E-state index contributed by atoms with van der Waals surface area (Å²) in [7, 11) is 0. The van der Waals surface area contributed by atoms with Crippen molar-refractivity contribution < 1.29 is 9.59 Å². The highest BCUT2D eigenvalue weighted by Gasteiger charge is 2.35. The number of rotatable bonds is 3. The summed E-state index contributed by atoms with van der Waals surface area (Å²) in [6.45, 7) is 2.85. The first-order valence-electron chi connectivity index (χ1n) is 10.1. The molecular weight excluding hydrogens is 406 g/mol. The number of carbonyl (C=O) groups is 2. The number of aromatic nitrogens is 1. The summed E-state index contributed by atoms with van der Waals surface area (Å²) >= 11 is 5.39. The third-order valence-corrected chi connectivity index (χ3v) is 5.85. The molecule has 2 amide bonds. The van der Waals surface area contributed by atoms with Gasteiger partial charge in [0.2, 0.25) is 0 Å². The van der Waals surface area contributed by atoms with Crippen molar-refractivity contribution in [3.63, 3.8) is 0 Å². The lowest BCUT2D eigenvalue weighted by Gasteiger charge is -2.29. The van der Waals surface area contributed by atoms with E-state index in [-0.39, 0.29) is 10.7 Å². The van der Waals surface area contributed by atoms with Crippen LogP contribution in [0.5, 0.6) is 0 Å². The van der Waals surface area contributed by atoms with Crippen LogP contribution >= 0.6 is 12.2 Å². The maximum Gasteiger partial charge on any atom is 0.270 e. The molecule has 1 aromatic heterocycles. The van der Waals surface area contributed by atoms with Crippen LogP contribution < -0.4 is 10.2 Å². The zero-order valence-corrected chi connectivity index (χ0v) is 17.6. The molecule has 0 bridgehead atoms. The molecule has 1 aliphatic rings. The number of nitrogens with one attached hydrogen (secondary N) is 1. The van der Waals surface area contributed by atoms with E-state index < -0.39 is 11.8 Å². The lowest BCUT2D eigenvalue weighted by Crippen LogP contribution is -2.54. The molecule has 3 aromatic carbocycles. The number of anilines is 1. The first-order valence-corrected chi connectivity index (χ1v) is 10.5. The number of amides is 2. The standard InChI is InChI=1S/C25H19N3O2S/c1-2-27-15-17(19-11-5-6-12-21(19)27)14-20-23(29)26-25(31)28(24(20)30)22-13-7-9-16-8-3-4-10-18(16)22/h3-15H,2H2,1H3,(H,26,29,31)/b20-14+. The topological polar surface area (TPSA) is 54.3 Å². The Morgan fingerprint density at radius 3 is 2.45 bits per heavy atom. The Morgan fingerprint density at radius 1 is 0.935 bits per heavy atom. The SMILES string of the molecule is CCn1cc(/C=C2\C(=O)NC(=S)N(c3cccc4ccccc34)C2=O)c2ccccc21. The fourth-order valence-corrected chi connectivity index (χ4v) is 4.36. The predicted molar refractivity (Wildman–Crippen MR) is 128 cm³/mol. The van der Waals surface area contributed by atoms with E-state index in [2.05, 4.69) is 16.8 Å². The Morgan fingerprint density at radius 2 is 1.65 bits per heavy atom. The molecule has 6 heteroatoms. The van der Waals surface area contributed by atoms with Crippen molar-refractivity contribution >= 4 is 62.6 Å². The highest BCUT2D eigenvalue weighted by molar-refractivity contribution is 7.80. The van der Waals surface area contributed by atoms with Gasteiger partial charge in [-0.2, -0.15) is 0 Å². The van der Waals surface area contributed by atoms with Crippen molar-refractivity contribution in [2.75, 3.05) is 4.90 Å². The van der Waals surface area contributed by atoms with Crippen LogP contribution in [0.2, 0.25) is 0 Å². The van der Waals surface area contributed by atoms with E-state index >= 15 is 0 Å². The lowest BCUT2D eigenvalue weighted by atomic mass is 10.0. The van der Waals surface area contributed by atoms with Gasteiger partial charge < -0.3 is 4.57 Å². The third-order valence-electron chi connectivity index (χ3n) is 5.57. The second kappa shape index (κ2) is 7.49. The second-order valence-electron chi connectivity index (χ2n) is 7.34. The van der Waals surface area contributed by atoms with Crippen molar-refractivity contribution in [1.29, 1.82) is 0 Å². The summed E-state index contributed by atoms with van der Waals surface area (Å²) in [4.78, 5) is 27.7. The van der Waals surface area contributed by atoms with Crippen molar-refractivity contribution in [1.82, 2.24) is 9.88 Å². The summed E-state index contributed by atoms with van der Waals surface area (Å²) in [6.07, 6.45) is 3.62. The Bertz CT molecular complexity index is 1410. The fraction of sp³-hybridized carbons (Fsp3) is 0.0800. The van der Waals surface area contributed by atoms with Crippen LogP contribution in [0.3, 0.4) is 0 Å². The zero-order chi connectivity index (χ0) is 21.5. The monoisotopic (exact) mass is 425 g/mol. The number of aryl methyl sites for hydroxylation is 1. The number of nitrogens with zero attached hydrogens (tertiary/aromatic N) is 2. The van der Waals surface area contributed by atoms with Gasteiger partial charge in [0.05, 0.1) is 5.69 Å². The van der Waals surface area contributed by atoms with Gasteiger partial charge in [-0.15, -0.1) is 0 Å². The predicted octanol–water partition coefficient (Wildman–Crippen LogP) is 4.65. The molecule has 31 heavy (non-hydrogen) atoms. The van der Waals surface area contributed by atoms with E-state index in [1.165, 1.54) is 4.90 Å². The zero-order valence-electron chi connectivity index (χ0n) is 16.8. The minimum atomic E-state index is -0.486. The second-order valence-corrected chi connectivity index (χ2v) is 7.73. The van der Waals surface area contributed by atoms with Gasteiger partial charge in [-0.25, -0.2) is 0 Å². The number of carbonyl (C=O) groups excluding carboxylic acids is 2. The van der Waals surface area contributed by atoms with Crippen molar-refractivity contribution in [3.05, 3.63) is 84.1 Å². The average molecular weight is 426 g/mol. The average Bonchev–Trinajstić information content (AvgIpc) is 3.14. The smallest absolute Gasteiger partial charge is 0.270 e. The molecule has 0 saturated carbocycles. The molecule has 5 nitrogen and oxygen atoms in total. The number of fused-ring (bicyclic) bond motifs is 2. The molecule has 1 saturated heterocycles. The fourth-order valence-electron chi connectivity index (χ4n) is 4.09. The molecule has 1 aliphatic heterocycles. The van der Waals surface area contributed by atoms with Gasteiger partial charge in [-0.05, 0) is 42.7 Å². The van der Waals surface area contributed by atoms with Crippen LogP contribution in [0.25, 0.3) is 27.8 Å². The number of hydrogen-bond donors (Lipinski definition) is 1. The molecule has 2 heterocycles. The molecule has 5 rings (SSSR count). The Labute approximate surface area is 184 Å². The van der Waals surface area contributed by atoms with Gasteiger partial charge in [-0.1, -0.05) is 54.6 Å². The number of benzene rings is 3. The maximum absolute atomic E-state index is 13.5. The van der Waals surface area contributed by atoms with E-state index in [1.54, 1.807) is 6.08 Å². The summed E-state index contributed by atoms with van der Waals surface area (Å²) in [5.74, 6) is -0.918. The first kappa shape index (κ1) is 19.2. The normalized spacial score (nSPS) is 15.8. The van der Waals surface area contributed by atoms with Gasteiger partial charge in [0.1, 0.15) is 5.57 Å². The van der Waals surface area contributed by atoms with Gasteiger partial charge >= 0.3 is 0 Å². The summed E-state index contributed by atoms with van der Waals surface area (Å²) < 4.78 is 2.10. The van der Waals surface area contributed by atoms with E-state index in [1.807, 2.05) is 72.9 Å². The van der Waals surface area contributed by atoms with Gasteiger partial charge in [0.25, 0.3) is 11.8 Å². The highest BCUT2D eigenvalue weighted by atomic mass is 32.1. The quantitative estimate of drug-likeness (QED) is 0.295. The van der Waals surface area contributed by atoms with Crippen molar-refractivity contribution in [2.45, 2.75) is 13.5 Å². The first-order chi connectivity index (χ1) is 15.1. The molecule has 152 valence electrons. The van der Waals surface area contributed by atoms with Crippen LogP contribution in [0.4, 0.5) is 5.69 Å². The molecule has 0 atom stereocenters.